The predicted molar refractivity (Wildman–Crippen MR) is 138 cm³/mol. The number of para-hydroxylation sites is 2. The summed E-state index contributed by atoms with van der Waals surface area (Å²) in [4.78, 5) is 2.09. The van der Waals surface area contributed by atoms with Gasteiger partial charge in [0.1, 0.15) is 0 Å². The molecule has 1 N–H and O–H groups in total. The molecule has 0 saturated carbocycles. The maximum Gasteiger partial charge on any atom is 0.227 e. The van der Waals surface area contributed by atoms with E-state index in [4.69, 9.17) is 19.3 Å². The summed E-state index contributed by atoms with van der Waals surface area (Å²) in [6.45, 7) is 8.96. The van der Waals surface area contributed by atoms with E-state index in [0.29, 0.717) is 51.1 Å². The van der Waals surface area contributed by atoms with Crippen LogP contribution in [0.1, 0.15) is 32.0 Å². The van der Waals surface area contributed by atoms with Crippen LogP contribution in [-0.2, 0) is 22.4 Å². The minimum absolute atomic E-state index is 0.129. The van der Waals surface area contributed by atoms with E-state index in [-0.39, 0.29) is 12.4 Å². The van der Waals surface area contributed by atoms with Gasteiger partial charge in [0.25, 0.3) is 0 Å². The van der Waals surface area contributed by atoms with Gasteiger partial charge < -0.3 is 19.3 Å². The van der Waals surface area contributed by atoms with E-state index in [0.717, 1.165) is 16.9 Å². The van der Waals surface area contributed by atoms with Crippen molar-refractivity contribution in [2.24, 2.45) is 5.92 Å². The van der Waals surface area contributed by atoms with Crippen molar-refractivity contribution in [3.05, 3.63) is 71.7 Å². The molecule has 0 spiro atoms. The highest BCUT2D eigenvalue weighted by Gasteiger charge is 2.24. The minimum atomic E-state index is -0.661. The first-order chi connectivity index (χ1) is 17.4. The molecule has 1 aromatic heterocycles. The molecule has 36 heavy (non-hydrogen) atoms. The Morgan fingerprint density at radius 3 is 2.44 bits per heavy atom. The number of aliphatic hydroxyl groups excluding tert-OH is 1. The monoisotopic (exact) mass is 499 g/mol. The van der Waals surface area contributed by atoms with Gasteiger partial charge in [-0.2, -0.15) is 5.10 Å². The first-order valence-electron chi connectivity index (χ1n) is 12.5. The maximum atomic E-state index is 14.6. The van der Waals surface area contributed by atoms with Crippen molar-refractivity contribution < 1.29 is 23.7 Å². The molecule has 0 fully saturated rings. The van der Waals surface area contributed by atoms with Crippen LogP contribution >= 0.6 is 0 Å². The van der Waals surface area contributed by atoms with Gasteiger partial charge in [0, 0.05) is 33.4 Å². The summed E-state index contributed by atoms with van der Waals surface area (Å²) >= 11 is 0. The third kappa shape index (κ3) is 7.86. The lowest BCUT2D eigenvalue weighted by atomic mass is 10.1. The number of rotatable bonds is 15. The van der Waals surface area contributed by atoms with Crippen LogP contribution in [0, 0.1) is 11.7 Å². The van der Waals surface area contributed by atoms with Gasteiger partial charge in [-0.3, -0.25) is 4.90 Å². The van der Waals surface area contributed by atoms with Gasteiger partial charge >= 0.3 is 0 Å². The van der Waals surface area contributed by atoms with Crippen molar-refractivity contribution in [3.8, 4) is 17.3 Å². The molecule has 1 atom stereocenters. The number of hydrogen-bond acceptors (Lipinski definition) is 6. The quantitative estimate of drug-likeness (QED) is 0.323. The third-order valence-electron chi connectivity index (χ3n) is 5.62. The Morgan fingerprint density at radius 2 is 1.78 bits per heavy atom. The molecule has 0 aliphatic rings. The topological polar surface area (TPSA) is 69.0 Å². The number of methoxy groups -OCH3 is 1. The Labute approximate surface area is 213 Å². The molecule has 0 unspecified atom stereocenters. The number of nitrogens with zero attached hydrogens (tertiary/aromatic N) is 3. The number of aromatic nitrogens is 2. The Balaban J connectivity index is 1.94. The van der Waals surface area contributed by atoms with E-state index >= 15 is 0 Å². The number of aryl methyl sites for hydroxylation is 1. The second kappa shape index (κ2) is 14.1. The lowest BCUT2D eigenvalue weighted by molar-refractivity contribution is 0.00323. The minimum Gasteiger partial charge on any atom is -0.435 e. The molecule has 0 bridgehead atoms. The van der Waals surface area contributed by atoms with Gasteiger partial charge in [0.2, 0.25) is 5.88 Å². The fourth-order valence-electron chi connectivity index (χ4n) is 3.87. The van der Waals surface area contributed by atoms with E-state index in [1.54, 1.807) is 30.0 Å². The van der Waals surface area contributed by atoms with Crippen LogP contribution in [-0.4, -0.2) is 65.9 Å². The summed E-state index contributed by atoms with van der Waals surface area (Å²) in [6, 6.07) is 16.0. The van der Waals surface area contributed by atoms with E-state index in [2.05, 4.69) is 18.7 Å². The lowest BCUT2D eigenvalue weighted by Gasteiger charge is -2.25. The Hall–Kier alpha value is -2.78. The van der Waals surface area contributed by atoms with Crippen LogP contribution in [0.15, 0.2) is 54.6 Å². The Bertz CT molecular complexity index is 1060. The van der Waals surface area contributed by atoms with Crippen molar-refractivity contribution >= 4 is 0 Å². The number of hydrogen-bond donors (Lipinski definition) is 1. The van der Waals surface area contributed by atoms with Crippen LogP contribution < -0.4 is 4.74 Å². The van der Waals surface area contributed by atoms with Crippen LogP contribution in [0.2, 0.25) is 0 Å². The normalized spacial score (nSPS) is 12.4. The second-order valence-corrected chi connectivity index (χ2v) is 9.18. The molecule has 2 aromatic carbocycles. The number of benzene rings is 2. The molecule has 1 heterocycles. The molecule has 0 radical (unpaired) electrons. The van der Waals surface area contributed by atoms with Gasteiger partial charge in [-0.1, -0.05) is 51.1 Å². The fraction of sp³-hybridized carbons (Fsp3) is 0.464. The highest BCUT2D eigenvalue weighted by Crippen LogP contribution is 2.33. The van der Waals surface area contributed by atoms with Gasteiger partial charge in [-0.25, -0.2) is 9.07 Å². The van der Waals surface area contributed by atoms with Crippen molar-refractivity contribution in [1.29, 1.82) is 0 Å². The zero-order chi connectivity index (χ0) is 25.9. The average molecular weight is 500 g/mol. The summed E-state index contributed by atoms with van der Waals surface area (Å²) in [5.41, 5.74) is 2.50. The highest BCUT2D eigenvalue weighted by molar-refractivity contribution is 5.44. The SMILES string of the molecule is CCc1nn(-c2ccccc2)c(Oc2ccccc2F)c1CN(CCOC)C[C@H](O)COCC(C)C. The van der Waals surface area contributed by atoms with Crippen LogP contribution in [0.5, 0.6) is 11.6 Å². The molecule has 8 heteroatoms. The largest absolute Gasteiger partial charge is 0.435 e. The van der Waals surface area contributed by atoms with Crippen molar-refractivity contribution in [3.63, 3.8) is 0 Å². The summed E-state index contributed by atoms with van der Waals surface area (Å²) in [6.07, 6.45) is 0.00632. The molecule has 3 rings (SSSR count). The van der Waals surface area contributed by atoms with Gasteiger partial charge in [0.15, 0.2) is 11.6 Å². The number of aliphatic hydroxyl groups is 1. The highest BCUT2D eigenvalue weighted by atomic mass is 19.1. The molecule has 0 saturated heterocycles. The van der Waals surface area contributed by atoms with Crippen LogP contribution in [0.25, 0.3) is 5.69 Å². The smallest absolute Gasteiger partial charge is 0.227 e. The lowest BCUT2D eigenvalue weighted by Crippen LogP contribution is -2.37. The first-order valence-corrected chi connectivity index (χ1v) is 12.5. The zero-order valence-corrected chi connectivity index (χ0v) is 21.7. The van der Waals surface area contributed by atoms with E-state index in [9.17, 15) is 9.50 Å². The van der Waals surface area contributed by atoms with Crippen molar-refractivity contribution in [1.82, 2.24) is 14.7 Å². The fourth-order valence-corrected chi connectivity index (χ4v) is 3.87. The number of halogens is 1. The third-order valence-corrected chi connectivity index (χ3v) is 5.62. The van der Waals surface area contributed by atoms with E-state index < -0.39 is 11.9 Å². The van der Waals surface area contributed by atoms with Gasteiger partial charge in [-0.05, 0) is 36.6 Å². The second-order valence-electron chi connectivity index (χ2n) is 9.18. The summed E-state index contributed by atoms with van der Waals surface area (Å²) in [5.74, 6) is 0.534. The molecule has 0 aliphatic carbocycles. The summed E-state index contributed by atoms with van der Waals surface area (Å²) < 4.78 is 33.5. The van der Waals surface area contributed by atoms with E-state index in [1.807, 2.05) is 37.3 Å². The Morgan fingerprint density at radius 1 is 1.06 bits per heavy atom. The molecule has 3 aromatic rings. The van der Waals surface area contributed by atoms with Crippen molar-refractivity contribution in [2.45, 2.75) is 39.8 Å². The van der Waals surface area contributed by atoms with Crippen LogP contribution in [0.4, 0.5) is 4.39 Å². The predicted octanol–water partition coefficient (Wildman–Crippen LogP) is 4.85. The first kappa shape index (κ1) is 27.8. The number of ether oxygens (including phenoxy) is 3. The molecular weight excluding hydrogens is 461 g/mol. The zero-order valence-electron chi connectivity index (χ0n) is 21.7. The van der Waals surface area contributed by atoms with Gasteiger partial charge in [0.05, 0.1) is 36.3 Å². The maximum absolute atomic E-state index is 14.6. The van der Waals surface area contributed by atoms with Crippen molar-refractivity contribution in [2.75, 3.05) is 40.0 Å². The van der Waals surface area contributed by atoms with Crippen LogP contribution in [0.3, 0.4) is 0 Å². The molecule has 0 aliphatic heterocycles. The standard InChI is InChI=1S/C28H38FN3O4/c1-5-26-24(18-31(15-16-34-4)17-23(33)20-35-19-21(2)3)28(36-27-14-10-9-13-25(27)29)32(30-26)22-11-7-6-8-12-22/h6-14,21,23,33H,5,15-20H2,1-4H3/t23-/m0/s1. The van der Waals surface area contributed by atoms with Gasteiger partial charge in [-0.15, -0.1) is 0 Å². The molecular formula is C28H38FN3O4. The molecule has 196 valence electrons. The Kier molecular flexibility index (Phi) is 10.9. The molecule has 7 nitrogen and oxygen atoms in total. The summed E-state index contributed by atoms with van der Waals surface area (Å²) in [7, 11) is 1.65. The average Bonchev–Trinajstić information content (AvgIpc) is 3.21. The summed E-state index contributed by atoms with van der Waals surface area (Å²) in [5, 5.41) is 15.5. The molecule has 0 amide bonds. The van der Waals surface area contributed by atoms with E-state index in [1.165, 1.54) is 6.07 Å².